The number of benzene rings is 2. The van der Waals surface area contributed by atoms with E-state index in [0.717, 1.165) is 5.56 Å². The van der Waals surface area contributed by atoms with Crippen molar-refractivity contribution in [2.45, 2.75) is 37.3 Å². The maximum Gasteiger partial charge on any atom is 0.243 e. The van der Waals surface area contributed by atoms with Gasteiger partial charge in [0.05, 0.1) is 15.6 Å². The highest BCUT2D eigenvalue weighted by atomic mass is 35.5. The minimum atomic E-state index is -3.84. The van der Waals surface area contributed by atoms with Crippen molar-refractivity contribution in [3.63, 3.8) is 0 Å². The van der Waals surface area contributed by atoms with Gasteiger partial charge in [0, 0.05) is 13.0 Å². The number of aromatic nitrogens is 1. The molecule has 0 radical (unpaired) electrons. The number of sulfone groups is 1. The van der Waals surface area contributed by atoms with Crippen molar-refractivity contribution in [2.75, 3.05) is 5.32 Å². The van der Waals surface area contributed by atoms with E-state index < -0.39 is 21.0 Å². The third kappa shape index (κ3) is 3.84. The van der Waals surface area contributed by atoms with E-state index in [9.17, 15) is 13.2 Å². The Labute approximate surface area is 162 Å². The molecule has 1 aromatic heterocycles. The van der Waals surface area contributed by atoms with E-state index in [1.807, 2.05) is 0 Å². The van der Waals surface area contributed by atoms with Gasteiger partial charge in [-0.05, 0) is 37.1 Å². The van der Waals surface area contributed by atoms with Gasteiger partial charge in [-0.3, -0.25) is 4.79 Å². The quantitative estimate of drug-likeness (QED) is 0.682. The molecule has 0 aliphatic carbocycles. The molecule has 8 heteroatoms. The van der Waals surface area contributed by atoms with Crippen molar-refractivity contribution in [3.05, 3.63) is 52.9 Å². The van der Waals surface area contributed by atoms with Gasteiger partial charge in [0.2, 0.25) is 5.91 Å². The summed E-state index contributed by atoms with van der Waals surface area (Å²) in [7, 11) is -3.84. The van der Waals surface area contributed by atoms with Crippen molar-refractivity contribution in [1.29, 1.82) is 0 Å². The Morgan fingerprint density at radius 1 is 1.26 bits per heavy atom. The van der Waals surface area contributed by atoms with Crippen LogP contribution in [0.15, 0.2) is 45.7 Å². The summed E-state index contributed by atoms with van der Waals surface area (Å²) in [5, 5.41) is 1.64. The Morgan fingerprint density at radius 2 is 2.00 bits per heavy atom. The summed E-state index contributed by atoms with van der Waals surface area (Å²) < 4.78 is 31.3. The van der Waals surface area contributed by atoms with Crippen LogP contribution in [0.5, 0.6) is 0 Å². The van der Waals surface area contributed by atoms with Crippen LogP contribution in [0, 0.1) is 13.8 Å². The second-order valence-electron chi connectivity index (χ2n) is 6.28. The van der Waals surface area contributed by atoms with E-state index in [0.29, 0.717) is 17.0 Å². The zero-order valence-corrected chi connectivity index (χ0v) is 16.7. The van der Waals surface area contributed by atoms with Crippen LogP contribution in [0.3, 0.4) is 0 Å². The summed E-state index contributed by atoms with van der Waals surface area (Å²) in [6.45, 7) is 5.16. The zero-order chi connectivity index (χ0) is 19.8. The fraction of sp³-hybridized carbons (Fsp3) is 0.263. The van der Waals surface area contributed by atoms with Gasteiger partial charge >= 0.3 is 0 Å². The fourth-order valence-electron chi connectivity index (χ4n) is 2.87. The molecule has 3 aromatic rings. The normalized spacial score (nSPS) is 12.9. The number of nitrogens with one attached hydrogen (secondary N) is 1. The molecule has 0 saturated heterocycles. The lowest BCUT2D eigenvalue weighted by Crippen LogP contribution is -2.34. The molecule has 0 fully saturated rings. The number of nitrogens with zero attached hydrogens (tertiary/aromatic N) is 1. The predicted octanol–water partition coefficient (Wildman–Crippen LogP) is 4.29. The minimum absolute atomic E-state index is 0.122. The number of hydrogen-bond acceptors (Lipinski definition) is 5. The van der Waals surface area contributed by atoms with Crippen LogP contribution in [-0.4, -0.2) is 24.6 Å². The van der Waals surface area contributed by atoms with Crippen LogP contribution in [0.2, 0.25) is 5.02 Å². The van der Waals surface area contributed by atoms with E-state index in [2.05, 4.69) is 10.3 Å². The minimum Gasteiger partial charge on any atom is -0.441 e. The average molecular weight is 407 g/mol. The standard InChI is InChI=1S/C19H19ClN2O4S/c1-4-18(27(24,25)13-7-5-6-11(2)8-13)19(23)22-15-10-17-16(9-14(15)20)21-12(3)26-17/h5-10,18H,4H2,1-3H3,(H,22,23). The van der Waals surface area contributed by atoms with Gasteiger partial charge in [0.15, 0.2) is 21.3 Å². The molecule has 3 rings (SSSR count). The summed E-state index contributed by atoms with van der Waals surface area (Å²) in [4.78, 5) is 17.0. The topological polar surface area (TPSA) is 89.3 Å². The molecule has 2 aromatic carbocycles. The molecule has 1 heterocycles. The van der Waals surface area contributed by atoms with Gasteiger partial charge < -0.3 is 9.73 Å². The lowest BCUT2D eigenvalue weighted by atomic mass is 10.2. The van der Waals surface area contributed by atoms with Crippen LogP contribution in [0.25, 0.3) is 11.1 Å². The van der Waals surface area contributed by atoms with Crippen LogP contribution >= 0.6 is 11.6 Å². The lowest BCUT2D eigenvalue weighted by molar-refractivity contribution is -0.115. The molecule has 1 amide bonds. The summed E-state index contributed by atoms with van der Waals surface area (Å²) in [5.41, 5.74) is 2.11. The monoisotopic (exact) mass is 406 g/mol. The average Bonchev–Trinajstić information content (AvgIpc) is 2.94. The fourth-order valence-corrected chi connectivity index (χ4v) is 4.81. The number of halogens is 1. The lowest BCUT2D eigenvalue weighted by Gasteiger charge is -2.17. The van der Waals surface area contributed by atoms with E-state index >= 15 is 0 Å². The first-order valence-corrected chi connectivity index (χ1v) is 10.3. The highest BCUT2D eigenvalue weighted by Crippen LogP contribution is 2.29. The van der Waals surface area contributed by atoms with Gasteiger partial charge in [-0.25, -0.2) is 13.4 Å². The van der Waals surface area contributed by atoms with Crippen molar-refractivity contribution < 1.29 is 17.6 Å². The van der Waals surface area contributed by atoms with Crippen molar-refractivity contribution in [2.24, 2.45) is 0 Å². The summed E-state index contributed by atoms with van der Waals surface area (Å²) in [5.74, 6) is -0.172. The molecular formula is C19H19ClN2O4S. The van der Waals surface area contributed by atoms with Crippen molar-refractivity contribution >= 4 is 44.1 Å². The van der Waals surface area contributed by atoms with Gasteiger partial charge in [-0.1, -0.05) is 30.7 Å². The molecule has 0 saturated carbocycles. The number of amides is 1. The number of fused-ring (bicyclic) bond motifs is 1. The summed E-state index contributed by atoms with van der Waals surface area (Å²) in [6.07, 6.45) is 0.128. The zero-order valence-electron chi connectivity index (χ0n) is 15.1. The van der Waals surface area contributed by atoms with Gasteiger partial charge in [-0.2, -0.15) is 0 Å². The number of oxazole rings is 1. The van der Waals surface area contributed by atoms with Crippen LogP contribution in [0.1, 0.15) is 24.8 Å². The van der Waals surface area contributed by atoms with Crippen molar-refractivity contribution in [3.8, 4) is 0 Å². The van der Waals surface area contributed by atoms with Crippen molar-refractivity contribution in [1.82, 2.24) is 4.98 Å². The van der Waals surface area contributed by atoms with Crippen LogP contribution in [0.4, 0.5) is 5.69 Å². The third-order valence-corrected chi connectivity index (χ3v) is 6.72. The maximum absolute atomic E-state index is 12.9. The molecular weight excluding hydrogens is 388 g/mol. The maximum atomic E-state index is 12.9. The Balaban J connectivity index is 1.92. The Hall–Kier alpha value is -2.38. The second-order valence-corrected chi connectivity index (χ2v) is 8.82. The molecule has 27 heavy (non-hydrogen) atoms. The summed E-state index contributed by atoms with van der Waals surface area (Å²) >= 11 is 6.21. The number of aryl methyl sites for hydroxylation is 2. The summed E-state index contributed by atoms with van der Waals surface area (Å²) in [6, 6.07) is 9.62. The largest absolute Gasteiger partial charge is 0.441 e. The van der Waals surface area contributed by atoms with Gasteiger partial charge in [0.1, 0.15) is 10.8 Å². The highest BCUT2D eigenvalue weighted by Gasteiger charge is 2.33. The molecule has 0 spiro atoms. The Kier molecular flexibility index (Phi) is 5.26. The number of carbonyl (C=O) groups excluding carboxylic acids is 1. The molecule has 0 bridgehead atoms. The first-order valence-electron chi connectivity index (χ1n) is 8.40. The van der Waals surface area contributed by atoms with E-state index in [1.54, 1.807) is 51.1 Å². The SMILES string of the molecule is CCC(C(=O)Nc1cc2oc(C)nc2cc1Cl)S(=O)(=O)c1cccc(C)c1. The first kappa shape index (κ1) is 19.4. The van der Waals surface area contributed by atoms with Gasteiger partial charge in [-0.15, -0.1) is 0 Å². The number of hydrogen-bond donors (Lipinski definition) is 1. The smallest absolute Gasteiger partial charge is 0.243 e. The molecule has 142 valence electrons. The van der Waals surface area contributed by atoms with Gasteiger partial charge in [0.25, 0.3) is 0 Å². The Bertz CT molecular complexity index is 1120. The predicted molar refractivity (Wildman–Crippen MR) is 105 cm³/mol. The molecule has 0 aliphatic heterocycles. The number of rotatable bonds is 5. The molecule has 1 unspecified atom stereocenters. The Morgan fingerprint density at radius 3 is 2.67 bits per heavy atom. The van der Waals surface area contributed by atoms with Crippen LogP contribution in [-0.2, 0) is 14.6 Å². The molecule has 6 nitrogen and oxygen atoms in total. The van der Waals surface area contributed by atoms with Crippen LogP contribution < -0.4 is 5.32 Å². The molecule has 1 atom stereocenters. The second kappa shape index (κ2) is 7.32. The first-order chi connectivity index (χ1) is 12.7. The molecule has 1 N–H and O–H groups in total. The number of carbonyl (C=O) groups is 1. The molecule has 0 aliphatic rings. The van der Waals surface area contributed by atoms with E-state index in [4.69, 9.17) is 16.0 Å². The third-order valence-electron chi connectivity index (χ3n) is 4.20. The number of anilines is 1. The van der Waals surface area contributed by atoms with E-state index in [-0.39, 0.29) is 22.0 Å². The highest BCUT2D eigenvalue weighted by molar-refractivity contribution is 7.92. The van der Waals surface area contributed by atoms with E-state index in [1.165, 1.54) is 6.07 Å².